The predicted octanol–water partition coefficient (Wildman–Crippen LogP) is 4.13. The minimum Gasteiger partial charge on any atom is -0.488 e. The van der Waals surface area contributed by atoms with Crippen LogP contribution in [0.3, 0.4) is 0 Å². The monoisotopic (exact) mass is 296 g/mol. The van der Waals surface area contributed by atoms with Gasteiger partial charge in [0.25, 0.3) is 0 Å². The first kappa shape index (κ1) is 16.0. The number of ketones is 2. The Bertz CT molecular complexity index is 660. The lowest BCUT2D eigenvalue weighted by molar-refractivity contribution is -0.116. The molecule has 0 aliphatic heterocycles. The van der Waals surface area contributed by atoms with Crippen LogP contribution in [0.4, 0.5) is 0 Å². The molecule has 2 aromatic carbocycles. The SMILES string of the molecule is CC(=O)CCC(=O)c1cc(C)ccc1OCc1ccccc1. The lowest BCUT2D eigenvalue weighted by atomic mass is 10.0. The van der Waals surface area contributed by atoms with Crippen molar-refractivity contribution in [1.82, 2.24) is 0 Å². The van der Waals surface area contributed by atoms with E-state index < -0.39 is 0 Å². The van der Waals surface area contributed by atoms with Crippen LogP contribution in [-0.4, -0.2) is 11.6 Å². The van der Waals surface area contributed by atoms with E-state index in [4.69, 9.17) is 4.74 Å². The van der Waals surface area contributed by atoms with E-state index >= 15 is 0 Å². The molecule has 0 bridgehead atoms. The molecule has 2 rings (SSSR count). The van der Waals surface area contributed by atoms with Crippen molar-refractivity contribution >= 4 is 11.6 Å². The Kier molecular flexibility index (Phi) is 5.48. The normalized spacial score (nSPS) is 10.3. The average molecular weight is 296 g/mol. The summed E-state index contributed by atoms with van der Waals surface area (Å²) in [7, 11) is 0. The molecule has 0 amide bonds. The third kappa shape index (κ3) is 4.55. The molecule has 22 heavy (non-hydrogen) atoms. The highest BCUT2D eigenvalue weighted by molar-refractivity contribution is 6.00. The fourth-order valence-electron chi connectivity index (χ4n) is 2.15. The topological polar surface area (TPSA) is 43.4 Å². The van der Waals surface area contributed by atoms with Crippen LogP contribution in [0.2, 0.25) is 0 Å². The number of rotatable bonds is 7. The maximum absolute atomic E-state index is 12.3. The van der Waals surface area contributed by atoms with E-state index in [9.17, 15) is 9.59 Å². The molecule has 0 atom stereocenters. The van der Waals surface area contributed by atoms with Crippen molar-refractivity contribution < 1.29 is 14.3 Å². The molecule has 0 unspecified atom stereocenters. The molecule has 0 radical (unpaired) electrons. The number of carbonyl (C=O) groups excluding carboxylic acids is 2. The minimum atomic E-state index is -0.0537. The summed E-state index contributed by atoms with van der Waals surface area (Å²) in [5, 5.41) is 0. The highest BCUT2D eigenvalue weighted by Crippen LogP contribution is 2.23. The van der Waals surface area contributed by atoms with Crippen molar-refractivity contribution in [3.05, 3.63) is 65.2 Å². The summed E-state index contributed by atoms with van der Waals surface area (Å²) < 4.78 is 5.80. The third-order valence-corrected chi connectivity index (χ3v) is 3.38. The first-order valence-corrected chi connectivity index (χ1v) is 7.36. The zero-order chi connectivity index (χ0) is 15.9. The highest BCUT2D eigenvalue weighted by atomic mass is 16.5. The van der Waals surface area contributed by atoms with Crippen molar-refractivity contribution in [2.75, 3.05) is 0 Å². The van der Waals surface area contributed by atoms with Gasteiger partial charge in [-0.15, -0.1) is 0 Å². The molecule has 114 valence electrons. The summed E-state index contributed by atoms with van der Waals surface area (Å²) in [6, 6.07) is 15.4. The van der Waals surface area contributed by atoms with Crippen molar-refractivity contribution in [1.29, 1.82) is 0 Å². The number of aryl methyl sites for hydroxylation is 1. The quantitative estimate of drug-likeness (QED) is 0.722. The van der Waals surface area contributed by atoms with Crippen molar-refractivity contribution in [2.45, 2.75) is 33.3 Å². The Balaban J connectivity index is 2.13. The molecule has 0 saturated heterocycles. The molecule has 3 heteroatoms. The number of Topliss-reactive ketones (excluding diaryl/α,β-unsaturated/α-hetero) is 2. The van der Waals surface area contributed by atoms with Gasteiger partial charge in [0.15, 0.2) is 5.78 Å². The lowest BCUT2D eigenvalue weighted by Gasteiger charge is -2.12. The van der Waals surface area contributed by atoms with Gasteiger partial charge in [0.05, 0.1) is 5.56 Å². The van der Waals surface area contributed by atoms with E-state index in [2.05, 4.69) is 0 Å². The Morgan fingerprint density at radius 1 is 1.00 bits per heavy atom. The molecular formula is C19H20O3. The molecule has 0 heterocycles. The van der Waals surface area contributed by atoms with E-state index in [0.717, 1.165) is 11.1 Å². The number of benzene rings is 2. The van der Waals surface area contributed by atoms with Gasteiger partial charge in [0.1, 0.15) is 18.1 Å². The van der Waals surface area contributed by atoms with Crippen LogP contribution in [-0.2, 0) is 11.4 Å². The van der Waals surface area contributed by atoms with Gasteiger partial charge >= 0.3 is 0 Å². The fraction of sp³-hybridized carbons (Fsp3) is 0.263. The van der Waals surface area contributed by atoms with Crippen LogP contribution in [0, 0.1) is 6.92 Å². The average Bonchev–Trinajstić information content (AvgIpc) is 2.52. The van der Waals surface area contributed by atoms with E-state index in [1.165, 1.54) is 6.92 Å². The summed E-state index contributed by atoms with van der Waals surface area (Å²) in [6.07, 6.45) is 0.491. The molecule has 0 N–H and O–H groups in total. The largest absolute Gasteiger partial charge is 0.488 e. The zero-order valence-electron chi connectivity index (χ0n) is 13.0. The second-order valence-corrected chi connectivity index (χ2v) is 5.40. The third-order valence-electron chi connectivity index (χ3n) is 3.38. The van der Waals surface area contributed by atoms with Gasteiger partial charge < -0.3 is 9.53 Å². The second kappa shape index (κ2) is 7.55. The smallest absolute Gasteiger partial charge is 0.167 e. The molecular weight excluding hydrogens is 276 g/mol. The van der Waals surface area contributed by atoms with E-state index in [1.807, 2.05) is 55.5 Å². The molecule has 0 fully saturated rings. The molecule has 3 nitrogen and oxygen atoms in total. The van der Waals surface area contributed by atoms with Gasteiger partial charge in [-0.25, -0.2) is 0 Å². The highest BCUT2D eigenvalue weighted by Gasteiger charge is 2.14. The summed E-state index contributed by atoms with van der Waals surface area (Å²) >= 11 is 0. The Labute approximate surface area is 130 Å². The van der Waals surface area contributed by atoms with Crippen LogP contribution in [0.15, 0.2) is 48.5 Å². The fourth-order valence-corrected chi connectivity index (χ4v) is 2.15. The van der Waals surface area contributed by atoms with E-state index in [-0.39, 0.29) is 24.4 Å². The van der Waals surface area contributed by atoms with Gasteiger partial charge in [0, 0.05) is 12.8 Å². The summed E-state index contributed by atoms with van der Waals surface area (Å²) in [5.41, 5.74) is 2.60. The van der Waals surface area contributed by atoms with Crippen LogP contribution < -0.4 is 4.74 Å². The minimum absolute atomic E-state index is 0.0211. The van der Waals surface area contributed by atoms with E-state index in [1.54, 1.807) is 0 Å². The van der Waals surface area contributed by atoms with E-state index in [0.29, 0.717) is 17.9 Å². The predicted molar refractivity (Wildman–Crippen MR) is 86.2 cm³/mol. The second-order valence-electron chi connectivity index (χ2n) is 5.40. The van der Waals surface area contributed by atoms with Gasteiger partial charge in [-0.1, -0.05) is 42.0 Å². The maximum atomic E-state index is 12.3. The Hall–Kier alpha value is -2.42. The van der Waals surface area contributed by atoms with Gasteiger partial charge in [-0.05, 0) is 31.5 Å². The van der Waals surface area contributed by atoms with Crippen LogP contribution in [0.25, 0.3) is 0 Å². The summed E-state index contributed by atoms with van der Waals surface area (Å²) in [4.78, 5) is 23.4. The maximum Gasteiger partial charge on any atom is 0.167 e. The van der Waals surface area contributed by atoms with Crippen LogP contribution in [0.5, 0.6) is 5.75 Å². The number of ether oxygens (including phenoxy) is 1. The number of carbonyl (C=O) groups is 2. The zero-order valence-corrected chi connectivity index (χ0v) is 13.0. The van der Waals surface area contributed by atoms with Gasteiger partial charge in [-0.3, -0.25) is 4.79 Å². The molecule has 0 aliphatic rings. The van der Waals surface area contributed by atoms with Crippen molar-refractivity contribution in [2.24, 2.45) is 0 Å². The van der Waals surface area contributed by atoms with Crippen LogP contribution in [0.1, 0.15) is 41.3 Å². The van der Waals surface area contributed by atoms with Crippen molar-refractivity contribution in [3.63, 3.8) is 0 Å². The Morgan fingerprint density at radius 2 is 1.73 bits per heavy atom. The Morgan fingerprint density at radius 3 is 2.41 bits per heavy atom. The van der Waals surface area contributed by atoms with Crippen LogP contribution >= 0.6 is 0 Å². The molecule has 0 aromatic heterocycles. The summed E-state index contributed by atoms with van der Waals surface area (Å²) in [6.45, 7) is 3.84. The molecule has 0 saturated carbocycles. The first-order chi connectivity index (χ1) is 10.6. The lowest BCUT2D eigenvalue weighted by Crippen LogP contribution is -2.06. The van der Waals surface area contributed by atoms with Gasteiger partial charge in [-0.2, -0.15) is 0 Å². The molecule has 0 spiro atoms. The summed E-state index contributed by atoms with van der Waals surface area (Å²) in [5.74, 6) is 0.540. The first-order valence-electron chi connectivity index (χ1n) is 7.36. The standard InChI is InChI=1S/C19H20O3/c1-14-8-11-19(22-13-16-6-4-3-5-7-16)17(12-14)18(21)10-9-15(2)20/h3-8,11-12H,9-10,13H2,1-2H3. The number of hydrogen-bond acceptors (Lipinski definition) is 3. The molecule has 2 aromatic rings. The molecule has 0 aliphatic carbocycles. The number of hydrogen-bond donors (Lipinski definition) is 0. The van der Waals surface area contributed by atoms with Crippen molar-refractivity contribution in [3.8, 4) is 5.75 Å². The van der Waals surface area contributed by atoms with Gasteiger partial charge in [0.2, 0.25) is 0 Å².